The van der Waals surface area contributed by atoms with E-state index in [4.69, 9.17) is 10.5 Å². The zero-order valence-electron chi connectivity index (χ0n) is 18.7. The highest BCUT2D eigenvalue weighted by molar-refractivity contribution is 6.08. The van der Waals surface area contributed by atoms with Crippen LogP contribution in [0.15, 0.2) is 82.9 Å². The number of alkyl halides is 2. The number of nitrogens with zero attached hydrogens (tertiary/aromatic N) is 5. The molecular formula is C24H22F2N6O3. The van der Waals surface area contributed by atoms with Crippen molar-refractivity contribution >= 4 is 23.1 Å². The van der Waals surface area contributed by atoms with Crippen LogP contribution in [0.5, 0.6) is 5.75 Å². The van der Waals surface area contributed by atoms with Crippen LogP contribution in [0.4, 0.5) is 25.0 Å². The summed E-state index contributed by atoms with van der Waals surface area (Å²) in [4.78, 5) is 31.2. The van der Waals surface area contributed by atoms with Gasteiger partial charge in [0, 0.05) is 37.1 Å². The maximum Gasteiger partial charge on any atom is 0.328 e. The normalized spacial score (nSPS) is 14.4. The standard InChI is InChI=1S/C24H22F2N6O3/c1-35-21-15-17(30-13-14-31(23(25)26)24(30)34)7-8-19(21)32-12-10-20(33)22(29-32)18(9-11-27)28-16-5-3-2-4-6-16/h2-12,15,23H,13-14,27H2,1H3. The Balaban J connectivity index is 1.73. The number of aliphatic imine (C=N–C) groups is 1. The van der Waals surface area contributed by atoms with Crippen molar-refractivity contribution in [3.8, 4) is 11.4 Å². The lowest BCUT2D eigenvalue weighted by Crippen LogP contribution is -2.35. The molecule has 1 aliphatic rings. The summed E-state index contributed by atoms with van der Waals surface area (Å²) < 4.78 is 33.0. The van der Waals surface area contributed by atoms with Crippen molar-refractivity contribution in [2.24, 2.45) is 10.7 Å². The number of rotatable bonds is 7. The molecule has 1 fully saturated rings. The average Bonchev–Trinajstić information content (AvgIpc) is 3.26. The van der Waals surface area contributed by atoms with Gasteiger partial charge in [0.15, 0.2) is 5.69 Å². The first-order valence-electron chi connectivity index (χ1n) is 10.6. The van der Waals surface area contributed by atoms with Crippen molar-refractivity contribution in [2.75, 3.05) is 25.1 Å². The first-order chi connectivity index (χ1) is 16.9. The molecule has 1 aliphatic heterocycles. The van der Waals surface area contributed by atoms with E-state index in [-0.39, 0.29) is 29.9 Å². The molecule has 0 unspecified atom stereocenters. The molecule has 1 aromatic heterocycles. The number of anilines is 1. The van der Waals surface area contributed by atoms with Gasteiger partial charge in [-0.2, -0.15) is 13.9 Å². The van der Waals surface area contributed by atoms with Gasteiger partial charge in [0.2, 0.25) is 5.43 Å². The number of ether oxygens (including phenoxy) is 1. The SMILES string of the molecule is COc1cc(N2CCN(C(F)F)C2=O)ccc1-n1ccc(=O)c(C(C=CN)=Nc2ccccc2)n1. The van der Waals surface area contributed by atoms with Gasteiger partial charge < -0.3 is 10.5 Å². The summed E-state index contributed by atoms with van der Waals surface area (Å²) in [6, 6.07) is 14.4. The van der Waals surface area contributed by atoms with E-state index in [0.717, 1.165) is 0 Å². The number of amides is 2. The number of carbonyl (C=O) groups is 1. The lowest BCUT2D eigenvalue weighted by molar-refractivity contribution is 0.0151. The van der Waals surface area contributed by atoms with Gasteiger partial charge in [0.05, 0.1) is 18.5 Å². The van der Waals surface area contributed by atoms with Crippen molar-refractivity contribution < 1.29 is 18.3 Å². The molecule has 0 spiro atoms. The maximum atomic E-state index is 13.0. The Morgan fingerprint density at radius 1 is 1.14 bits per heavy atom. The molecular weight excluding hydrogens is 458 g/mol. The zero-order chi connectivity index (χ0) is 24.9. The fourth-order valence-electron chi connectivity index (χ4n) is 3.62. The topological polar surface area (TPSA) is 106 Å². The summed E-state index contributed by atoms with van der Waals surface area (Å²) in [6.07, 6.45) is 4.22. The van der Waals surface area contributed by atoms with Gasteiger partial charge in [-0.05, 0) is 36.5 Å². The number of para-hydroxylation sites is 1. The van der Waals surface area contributed by atoms with E-state index >= 15 is 0 Å². The van der Waals surface area contributed by atoms with Crippen LogP contribution in [0.25, 0.3) is 5.69 Å². The molecule has 0 saturated carbocycles. The molecule has 1 saturated heterocycles. The molecule has 2 aromatic carbocycles. The van der Waals surface area contributed by atoms with Gasteiger partial charge in [-0.15, -0.1) is 0 Å². The fraction of sp³-hybridized carbons (Fsp3) is 0.167. The number of carbonyl (C=O) groups excluding carboxylic acids is 1. The van der Waals surface area contributed by atoms with E-state index in [9.17, 15) is 18.4 Å². The molecule has 0 aliphatic carbocycles. The monoisotopic (exact) mass is 480 g/mol. The number of hydrogen-bond acceptors (Lipinski definition) is 6. The Morgan fingerprint density at radius 2 is 1.91 bits per heavy atom. The fourth-order valence-corrected chi connectivity index (χ4v) is 3.62. The molecule has 2 heterocycles. The molecule has 0 radical (unpaired) electrons. The van der Waals surface area contributed by atoms with Gasteiger partial charge in [0.25, 0.3) is 0 Å². The van der Waals surface area contributed by atoms with Gasteiger partial charge >= 0.3 is 12.6 Å². The van der Waals surface area contributed by atoms with E-state index < -0.39 is 12.6 Å². The summed E-state index contributed by atoms with van der Waals surface area (Å²) >= 11 is 0. The number of aromatic nitrogens is 2. The molecule has 2 amide bonds. The highest BCUT2D eigenvalue weighted by Crippen LogP contribution is 2.30. The second kappa shape index (κ2) is 10.2. The molecule has 35 heavy (non-hydrogen) atoms. The van der Waals surface area contributed by atoms with E-state index in [2.05, 4.69) is 10.1 Å². The number of hydrogen-bond donors (Lipinski definition) is 1. The third-order valence-electron chi connectivity index (χ3n) is 5.31. The van der Waals surface area contributed by atoms with Crippen molar-refractivity contribution in [2.45, 2.75) is 6.55 Å². The van der Waals surface area contributed by atoms with Crippen LogP contribution in [0.3, 0.4) is 0 Å². The summed E-state index contributed by atoms with van der Waals surface area (Å²) in [5.41, 5.74) is 7.03. The minimum absolute atomic E-state index is 0.0616. The molecule has 0 bridgehead atoms. The van der Waals surface area contributed by atoms with Crippen molar-refractivity contribution in [3.05, 3.63) is 89.0 Å². The van der Waals surface area contributed by atoms with Crippen LogP contribution in [0.2, 0.25) is 0 Å². The predicted octanol–water partition coefficient (Wildman–Crippen LogP) is 3.30. The summed E-state index contributed by atoms with van der Waals surface area (Å²) in [6.45, 7) is -2.83. The zero-order valence-corrected chi connectivity index (χ0v) is 18.7. The molecule has 180 valence electrons. The van der Waals surface area contributed by atoms with Crippen LogP contribution in [0, 0.1) is 0 Å². The summed E-state index contributed by atoms with van der Waals surface area (Å²) in [5.74, 6) is 0.323. The Labute approximate surface area is 199 Å². The van der Waals surface area contributed by atoms with Crippen LogP contribution >= 0.6 is 0 Å². The first kappa shape index (κ1) is 23.6. The Morgan fingerprint density at radius 3 is 2.57 bits per heavy atom. The van der Waals surface area contributed by atoms with Crippen LogP contribution in [0.1, 0.15) is 5.69 Å². The van der Waals surface area contributed by atoms with Crippen LogP contribution < -0.4 is 20.8 Å². The first-order valence-corrected chi connectivity index (χ1v) is 10.6. The second-order valence-corrected chi connectivity index (χ2v) is 7.43. The largest absolute Gasteiger partial charge is 0.494 e. The number of allylic oxidation sites excluding steroid dienone is 1. The number of benzene rings is 2. The van der Waals surface area contributed by atoms with E-state index in [1.54, 1.807) is 30.3 Å². The van der Waals surface area contributed by atoms with Crippen molar-refractivity contribution in [1.29, 1.82) is 0 Å². The molecule has 9 nitrogen and oxygen atoms in total. The summed E-state index contributed by atoms with van der Waals surface area (Å²) in [7, 11) is 1.43. The van der Waals surface area contributed by atoms with Crippen molar-refractivity contribution in [1.82, 2.24) is 14.7 Å². The Hall–Kier alpha value is -4.54. The minimum Gasteiger partial charge on any atom is -0.494 e. The minimum atomic E-state index is -2.87. The molecule has 2 N–H and O–H groups in total. The van der Waals surface area contributed by atoms with Gasteiger partial charge in [-0.3, -0.25) is 14.6 Å². The van der Waals surface area contributed by atoms with Gasteiger partial charge in [-0.1, -0.05) is 18.2 Å². The molecule has 4 rings (SSSR count). The number of methoxy groups -OCH3 is 1. The lowest BCUT2D eigenvalue weighted by Gasteiger charge is -2.20. The molecule has 11 heteroatoms. The Bertz CT molecular complexity index is 1340. The van der Waals surface area contributed by atoms with E-state index in [1.807, 2.05) is 18.2 Å². The third kappa shape index (κ3) is 4.88. The van der Waals surface area contributed by atoms with Crippen molar-refractivity contribution in [3.63, 3.8) is 0 Å². The predicted molar refractivity (Wildman–Crippen MR) is 128 cm³/mol. The lowest BCUT2D eigenvalue weighted by atomic mass is 10.2. The number of urea groups is 1. The second-order valence-electron chi connectivity index (χ2n) is 7.43. The Kier molecular flexibility index (Phi) is 6.86. The third-order valence-corrected chi connectivity index (χ3v) is 5.31. The summed E-state index contributed by atoms with van der Waals surface area (Å²) in [5, 5.41) is 4.44. The highest BCUT2D eigenvalue weighted by atomic mass is 19.3. The molecule has 0 atom stereocenters. The van der Waals surface area contributed by atoms with E-state index in [0.29, 0.717) is 27.7 Å². The maximum absolute atomic E-state index is 13.0. The van der Waals surface area contributed by atoms with E-state index in [1.165, 1.54) is 41.2 Å². The van der Waals surface area contributed by atoms with Gasteiger partial charge in [0.1, 0.15) is 11.4 Å². The van der Waals surface area contributed by atoms with Crippen LogP contribution in [-0.2, 0) is 0 Å². The molecule has 3 aromatic rings. The quantitative estimate of drug-likeness (QED) is 0.413. The van der Waals surface area contributed by atoms with Crippen LogP contribution in [-0.4, -0.2) is 53.2 Å². The highest BCUT2D eigenvalue weighted by Gasteiger charge is 2.35. The number of nitrogens with two attached hydrogens (primary N) is 1. The number of halogens is 2. The van der Waals surface area contributed by atoms with Gasteiger partial charge in [-0.25, -0.2) is 14.5 Å². The smallest absolute Gasteiger partial charge is 0.328 e. The average molecular weight is 480 g/mol.